The zero-order chi connectivity index (χ0) is 50.7. The van der Waals surface area contributed by atoms with Crippen LogP contribution in [-0.4, -0.2) is 47.4 Å². The summed E-state index contributed by atoms with van der Waals surface area (Å²) in [6.45, 7) is 4.96. The van der Waals surface area contributed by atoms with Crippen molar-refractivity contribution in [1.29, 1.82) is 0 Å². The standard InChI is InChI=1S/C64H123NO5/c1-3-5-7-9-11-13-15-17-18-19-28-31-34-38-42-46-50-54-58-64(69)70-59-55-51-47-43-39-35-32-29-26-24-22-20-21-23-25-27-30-33-37-41-45-49-53-57-63(68)65-61(60-66)62(67)56-52-48-44-40-36-16-14-12-10-8-6-4-2/h18-19,23,25,61-62,66-67H,3-17,20-22,24,26-60H2,1-2H3,(H,65,68)/b19-18-,25-23-. The molecule has 6 heteroatoms. The number of hydrogen-bond acceptors (Lipinski definition) is 5. The van der Waals surface area contributed by atoms with E-state index < -0.39 is 12.1 Å². The maximum absolute atomic E-state index is 12.5. The van der Waals surface area contributed by atoms with Crippen LogP contribution in [0.1, 0.15) is 348 Å². The Balaban J connectivity index is 3.38. The Morgan fingerprint density at radius 1 is 0.386 bits per heavy atom. The van der Waals surface area contributed by atoms with Gasteiger partial charge in [0.05, 0.1) is 25.4 Å². The lowest BCUT2D eigenvalue weighted by atomic mass is 10.0. The molecular weight excluding hydrogens is 863 g/mol. The van der Waals surface area contributed by atoms with Crippen LogP contribution in [-0.2, 0) is 14.3 Å². The van der Waals surface area contributed by atoms with E-state index in [4.69, 9.17) is 4.74 Å². The number of aliphatic hydroxyl groups excluding tert-OH is 2. The van der Waals surface area contributed by atoms with Crippen LogP contribution in [0, 0.1) is 0 Å². The van der Waals surface area contributed by atoms with E-state index in [1.54, 1.807) is 0 Å². The van der Waals surface area contributed by atoms with Gasteiger partial charge in [-0.25, -0.2) is 0 Å². The van der Waals surface area contributed by atoms with Gasteiger partial charge in [0.25, 0.3) is 0 Å². The van der Waals surface area contributed by atoms with Crippen molar-refractivity contribution in [3.05, 3.63) is 24.3 Å². The average molecular weight is 987 g/mol. The third-order valence-electron chi connectivity index (χ3n) is 14.7. The van der Waals surface area contributed by atoms with E-state index in [1.165, 1.54) is 270 Å². The largest absolute Gasteiger partial charge is 0.466 e. The Hall–Kier alpha value is -1.66. The molecule has 0 saturated heterocycles. The van der Waals surface area contributed by atoms with E-state index in [2.05, 4.69) is 43.5 Å². The minimum atomic E-state index is -0.667. The van der Waals surface area contributed by atoms with Gasteiger partial charge in [-0.3, -0.25) is 9.59 Å². The minimum Gasteiger partial charge on any atom is -0.466 e. The Labute approximate surface area is 437 Å². The summed E-state index contributed by atoms with van der Waals surface area (Å²) in [7, 11) is 0. The zero-order valence-electron chi connectivity index (χ0n) is 47.3. The van der Waals surface area contributed by atoms with Crippen molar-refractivity contribution in [3.63, 3.8) is 0 Å². The maximum Gasteiger partial charge on any atom is 0.305 e. The minimum absolute atomic E-state index is 0.00896. The van der Waals surface area contributed by atoms with E-state index >= 15 is 0 Å². The maximum atomic E-state index is 12.5. The molecule has 2 atom stereocenters. The average Bonchev–Trinajstić information content (AvgIpc) is 3.36. The van der Waals surface area contributed by atoms with Gasteiger partial charge in [0.15, 0.2) is 0 Å². The second kappa shape index (κ2) is 59.9. The fourth-order valence-electron chi connectivity index (χ4n) is 9.87. The smallest absolute Gasteiger partial charge is 0.305 e. The number of allylic oxidation sites excluding steroid dienone is 4. The predicted molar refractivity (Wildman–Crippen MR) is 306 cm³/mol. The molecule has 0 aromatic heterocycles. The molecule has 6 nitrogen and oxygen atoms in total. The number of carbonyl (C=O) groups excluding carboxylic acids is 2. The SMILES string of the molecule is CCCCCCCCC/C=C\CCCCCCCCCC(=O)OCCCCCCCCCCCCCC/C=C\CCCCCCCCCC(=O)NC(CO)C(O)CCCCCCCCCCCCCC. The zero-order valence-corrected chi connectivity index (χ0v) is 47.3. The van der Waals surface area contributed by atoms with E-state index in [9.17, 15) is 19.8 Å². The van der Waals surface area contributed by atoms with Crippen LogP contribution in [0.2, 0.25) is 0 Å². The van der Waals surface area contributed by atoms with Crippen LogP contribution < -0.4 is 5.32 Å². The molecule has 70 heavy (non-hydrogen) atoms. The number of esters is 1. The summed E-state index contributed by atoms with van der Waals surface area (Å²) in [5.41, 5.74) is 0. The van der Waals surface area contributed by atoms with Gasteiger partial charge in [-0.2, -0.15) is 0 Å². The molecule has 2 unspecified atom stereocenters. The Bertz CT molecular complexity index is 1090. The first-order valence-electron chi connectivity index (χ1n) is 31.6. The summed E-state index contributed by atoms with van der Waals surface area (Å²) in [4.78, 5) is 24.5. The number of ether oxygens (including phenoxy) is 1. The monoisotopic (exact) mass is 986 g/mol. The number of unbranched alkanes of at least 4 members (excludes halogenated alkanes) is 44. The molecule has 0 aliphatic carbocycles. The Morgan fingerprint density at radius 2 is 0.671 bits per heavy atom. The van der Waals surface area contributed by atoms with Crippen molar-refractivity contribution in [2.24, 2.45) is 0 Å². The van der Waals surface area contributed by atoms with Gasteiger partial charge in [-0.05, 0) is 77.0 Å². The highest BCUT2D eigenvalue weighted by molar-refractivity contribution is 5.76. The van der Waals surface area contributed by atoms with Crippen molar-refractivity contribution >= 4 is 11.9 Å². The van der Waals surface area contributed by atoms with Crippen LogP contribution in [0.4, 0.5) is 0 Å². The van der Waals surface area contributed by atoms with E-state index in [-0.39, 0.29) is 18.5 Å². The van der Waals surface area contributed by atoms with Crippen molar-refractivity contribution in [1.82, 2.24) is 5.32 Å². The molecule has 1 amide bonds. The highest BCUT2D eigenvalue weighted by Crippen LogP contribution is 2.17. The topological polar surface area (TPSA) is 95.9 Å². The van der Waals surface area contributed by atoms with Crippen molar-refractivity contribution < 1.29 is 24.5 Å². The van der Waals surface area contributed by atoms with Gasteiger partial charge in [-0.15, -0.1) is 0 Å². The first kappa shape index (κ1) is 68.3. The summed E-state index contributed by atoms with van der Waals surface area (Å²) < 4.78 is 5.50. The van der Waals surface area contributed by atoms with Crippen molar-refractivity contribution in [2.45, 2.75) is 360 Å². The predicted octanol–water partition coefficient (Wildman–Crippen LogP) is 19.8. The third kappa shape index (κ3) is 55.7. The fourth-order valence-corrected chi connectivity index (χ4v) is 9.87. The fraction of sp³-hybridized carbons (Fsp3) is 0.906. The van der Waals surface area contributed by atoms with Crippen LogP contribution >= 0.6 is 0 Å². The number of rotatable bonds is 59. The molecule has 0 fully saturated rings. The number of hydrogen-bond donors (Lipinski definition) is 3. The molecule has 0 aliphatic rings. The summed E-state index contributed by atoms with van der Waals surface area (Å²) in [6.07, 6.45) is 73.4. The van der Waals surface area contributed by atoms with Crippen molar-refractivity contribution in [3.8, 4) is 0 Å². The molecule has 414 valence electrons. The van der Waals surface area contributed by atoms with Gasteiger partial charge in [0.2, 0.25) is 5.91 Å². The van der Waals surface area contributed by atoms with Crippen LogP contribution in [0.5, 0.6) is 0 Å². The first-order chi connectivity index (χ1) is 34.5. The molecule has 0 bridgehead atoms. The molecule has 0 aromatic carbocycles. The number of aliphatic hydroxyl groups is 2. The molecule has 0 radical (unpaired) electrons. The van der Waals surface area contributed by atoms with Gasteiger partial charge in [-0.1, -0.05) is 282 Å². The molecular formula is C64H123NO5. The number of nitrogens with one attached hydrogen (secondary N) is 1. The van der Waals surface area contributed by atoms with Gasteiger partial charge >= 0.3 is 5.97 Å². The van der Waals surface area contributed by atoms with E-state index in [0.29, 0.717) is 25.9 Å². The second-order valence-electron chi connectivity index (χ2n) is 21.7. The molecule has 0 aliphatic heterocycles. The normalized spacial score (nSPS) is 12.7. The van der Waals surface area contributed by atoms with Gasteiger partial charge in [0, 0.05) is 12.8 Å². The lowest BCUT2D eigenvalue weighted by Crippen LogP contribution is -2.45. The third-order valence-corrected chi connectivity index (χ3v) is 14.7. The highest BCUT2D eigenvalue weighted by atomic mass is 16.5. The molecule has 3 N–H and O–H groups in total. The van der Waals surface area contributed by atoms with Gasteiger partial charge in [0.1, 0.15) is 0 Å². The quantitative estimate of drug-likeness (QED) is 0.0321. The number of carbonyl (C=O) groups is 2. The highest BCUT2D eigenvalue weighted by Gasteiger charge is 2.20. The lowest BCUT2D eigenvalue weighted by molar-refractivity contribution is -0.143. The Morgan fingerprint density at radius 3 is 1.01 bits per heavy atom. The van der Waals surface area contributed by atoms with Crippen LogP contribution in [0.25, 0.3) is 0 Å². The Kier molecular flexibility index (Phi) is 58.5. The lowest BCUT2D eigenvalue weighted by Gasteiger charge is -2.22. The molecule has 0 aromatic rings. The van der Waals surface area contributed by atoms with Crippen LogP contribution in [0.15, 0.2) is 24.3 Å². The summed E-state index contributed by atoms with van der Waals surface area (Å²) in [5, 5.41) is 23.2. The summed E-state index contributed by atoms with van der Waals surface area (Å²) in [5.74, 6) is -0.0318. The first-order valence-corrected chi connectivity index (χ1v) is 31.6. The summed E-state index contributed by atoms with van der Waals surface area (Å²) in [6, 6.07) is -0.545. The molecule has 0 rings (SSSR count). The van der Waals surface area contributed by atoms with Gasteiger partial charge < -0.3 is 20.3 Å². The van der Waals surface area contributed by atoms with E-state index in [0.717, 1.165) is 44.9 Å². The molecule has 0 spiro atoms. The van der Waals surface area contributed by atoms with E-state index in [1.807, 2.05) is 0 Å². The second-order valence-corrected chi connectivity index (χ2v) is 21.7. The van der Waals surface area contributed by atoms with Crippen molar-refractivity contribution in [2.75, 3.05) is 13.2 Å². The molecule has 0 heterocycles. The van der Waals surface area contributed by atoms with Crippen LogP contribution in [0.3, 0.4) is 0 Å². The number of amides is 1. The molecule has 0 saturated carbocycles. The summed E-state index contributed by atoms with van der Waals surface area (Å²) >= 11 is 0.